The van der Waals surface area contributed by atoms with Crippen molar-refractivity contribution in [2.24, 2.45) is 0 Å². The summed E-state index contributed by atoms with van der Waals surface area (Å²) < 4.78 is 2.68. The fourth-order valence-corrected chi connectivity index (χ4v) is 2.22. The molecule has 4 nitrogen and oxygen atoms in total. The lowest BCUT2D eigenvalue weighted by atomic mass is 10.2. The molecule has 0 unspecified atom stereocenters. The maximum Gasteiger partial charge on any atom is 0.335 e. The fraction of sp³-hybridized carbons (Fsp3) is 0.167. The van der Waals surface area contributed by atoms with Crippen molar-refractivity contribution in [3.63, 3.8) is 0 Å². The minimum Gasteiger partial charge on any atom is -0.478 e. The molecule has 17 heavy (non-hydrogen) atoms. The summed E-state index contributed by atoms with van der Waals surface area (Å²) >= 11 is 3.39. The van der Waals surface area contributed by atoms with Crippen LogP contribution in [0.2, 0.25) is 0 Å². The molecule has 0 aliphatic rings. The van der Waals surface area contributed by atoms with E-state index in [4.69, 9.17) is 5.11 Å². The molecular weight excluding hydrogens is 284 g/mol. The Morgan fingerprint density at radius 1 is 1.53 bits per heavy atom. The van der Waals surface area contributed by atoms with Gasteiger partial charge in [0.2, 0.25) is 0 Å². The number of aryl methyl sites for hydroxylation is 1. The van der Waals surface area contributed by atoms with Gasteiger partial charge in [-0.3, -0.25) is 0 Å². The van der Waals surface area contributed by atoms with E-state index >= 15 is 0 Å². The van der Waals surface area contributed by atoms with E-state index in [2.05, 4.69) is 20.9 Å². The number of hydrogen-bond donors (Lipinski definition) is 1. The number of rotatable bonds is 3. The van der Waals surface area contributed by atoms with Crippen LogP contribution in [-0.4, -0.2) is 20.6 Å². The van der Waals surface area contributed by atoms with E-state index in [0.717, 1.165) is 22.4 Å². The molecular formula is C12H11BrN2O2. The van der Waals surface area contributed by atoms with E-state index in [9.17, 15) is 4.79 Å². The van der Waals surface area contributed by atoms with Gasteiger partial charge >= 0.3 is 5.97 Å². The van der Waals surface area contributed by atoms with Gasteiger partial charge in [-0.15, -0.1) is 0 Å². The van der Waals surface area contributed by atoms with Crippen molar-refractivity contribution >= 4 is 21.9 Å². The number of benzene rings is 1. The number of aromatic nitrogens is 2. The second kappa shape index (κ2) is 4.71. The van der Waals surface area contributed by atoms with Gasteiger partial charge < -0.3 is 9.67 Å². The van der Waals surface area contributed by atoms with Gasteiger partial charge in [-0.25, -0.2) is 9.78 Å². The largest absolute Gasteiger partial charge is 0.478 e. The SMILES string of the molecule is CCc1nccn1-c1ccc(C(=O)O)cc1Br. The van der Waals surface area contributed by atoms with Crippen molar-refractivity contribution in [2.45, 2.75) is 13.3 Å². The molecule has 0 atom stereocenters. The van der Waals surface area contributed by atoms with Crippen LogP contribution < -0.4 is 0 Å². The van der Waals surface area contributed by atoms with Crippen LogP contribution in [0, 0.1) is 0 Å². The smallest absolute Gasteiger partial charge is 0.335 e. The Morgan fingerprint density at radius 2 is 2.29 bits per heavy atom. The van der Waals surface area contributed by atoms with Crippen LogP contribution in [0.15, 0.2) is 35.1 Å². The Hall–Kier alpha value is -1.62. The molecule has 1 heterocycles. The van der Waals surface area contributed by atoms with Gasteiger partial charge in [0.1, 0.15) is 5.82 Å². The van der Waals surface area contributed by atoms with Crippen LogP contribution in [0.4, 0.5) is 0 Å². The maximum absolute atomic E-state index is 10.8. The normalized spacial score (nSPS) is 10.5. The van der Waals surface area contributed by atoms with Gasteiger partial charge in [-0.1, -0.05) is 6.92 Å². The first kappa shape index (κ1) is 11.9. The molecule has 0 radical (unpaired) electrons. The van der Waals surface area contributed by atoms with Crippen molar-refractivity contribution in [3.05, 3.63) is 46.5 Å². The molecule has 0 aliphatic carbocycles. The number of imidazole rings is 1. The fourth-order valence-electron chi connectivity index (χ4n) is 1.65. The van der Waals surface area contributed by atoms with E-state index in [1.54, 1.807) is 24.4 Å². The summed E-state index contributed by atoms with van der Waals surface area (Å²) in [6.45, 7) is 2.03. The van der Waals surface area contributed by atoms with Crippen molar-refractivity contribution in [1.29, 1.82) is 0 Å². The maximum atomic E-state index is 10.8. The lowest BCUT2D eigenvalue weighted by Gasteiger charge is -2.09. The highest BCUT2D eigenvalue weighted by Gasteiger charge is 2.10. The second-order valence-corrected chi connectivity index (χ2v) is 4.39. The number of aromatic carboxylic acids is 1. The molecule has 1 aromatic carbocycles. The van der Waals surface area contributed by atoms with E-state index < -0.39 is 5.97 Å². The zero-order valence-corrected chi connectivity index (χ0v) is 10.8. The molecule has 1 N–H and O–H groups in total. The van der Waals surface area contributed by atoms with Crippen LogP contribution >= 0.6 is 15.9 Å². The molecule has 0 bridgehead atoms. The average molecular weight is 295 g/mol. The molecule has 1 aromatic heterocycles. The number of carboxylic acids is 1. The Morgan fingerprint density at radius 3 is 2.88 bits per heavy atom. The molecule has 2 rings (SSSR count). The van der Waals surface area contributed by atoms with E-state index in [1.807, 2.05) is 17.7 Å². The lowest BCUT2D eigenvalue weighted by molar-refractivity contribution is 0.0697. The van der Waals surface area contributed by atoms with Gasteiger partial charge in [0.25, 0.3) is 0 Å². The van der Waals surface area contributed by atoms with Gasteiger partial charge in [0, 0.05) is 23.3 Å². The van der Waals surface area contributed by atoms with Crippen LogP contribution in [0.5, 0.6) is 0 Å². The summed E-state index contributed by atoms with van der Waals surface area (Å²) in [7, 11) is 0. The highest BCUT2D eigenvalue weighted by atomic mass is 79.9. The number of hydrogen-bond acceptors (Lipinski definition) is 2. The van der Waals surface area contributed by atoms with Crippen LogP contribution in [-0.2, 0) is 6.42 Å². The van der Waals surface area contributed by atoms with Crippen molar-refractivity contribution in [3.8, 4) is 5.69 Å². The Kier molecular flexibility index (Phi) is 3.28. The number of carboxylic acid groups (broad SMARTS) is 1. The summed E-state index contributed by atoms with van der Waals surface area (Å²) in [5.74, 6) is 0.00683. The van der Waals surface area contributed by atoms with E-state index in [1.165, 1.54) is 0 Å². The molecule has 0 fully saturated rings. The molecule has 5 heteroatoms. The van der Waals surface area contributed by atoms with Crippen LogP contribution in [0.1, 0.15) is 23.1 Å². The third kappa shape index (κ3) is 2.24. The zero-order valence-electron chi connectivity index (χ0n) is 9.22. The lowest BCUT2D eigenvalue weighted by Crippen LogP contribution is -2.02. The molecule has 0 spiro atoms. The highest BCUT2D eigenvalue weighted by Crippen LogP contribution is 2.23. The minimum absolute atomic E-state index is 0.263. The molecule has 0 amide bonds. The van der Waals surface area contributed by atoms with Gasteiger partial charge in [0.05, 0.1) is 11.3 Å². The van der Waals surface area contributed by atoms with Crippen LogP contribution in [0.25, 0.3) is 5.69 Å². The van der Waals surface area contributed by atoms with Crippen molar-refractivity contribution < 1.29 is 9.90 Å². The van der Waals surface area contributed by atoms with Crippen molar-refractivity contribution in [1.82, 2.24) is 9.55 Å². The summed E-state index contributed by atoms with van der Waals surface area (Å²) in [6.07, 6.45) is 4.41. The third-order valence-electron chi connectivity index (χ3n) is 2.49. The number of halogens is 1. The quantitative estimate of drug-likeness (QED) is 0.947. The average Bonchev–Trinajstić information content (AvgIpc) is 2.76. The topological polar surface area (TPSA) is 55.1 Å². The highest BCUT2D eigenvalue weighted by molar-refractivity contribution is 9.10. The van der Waals surface area contributed by atoms with Crippen molar-refractivity contribution in [2.75, 3.05) is 0 Å². The Labute approximate surface area is 107 Å². The van der Waals surface area contributed by atoms with Gasteiger partial charge in [-0.2, -0.15) is 0 Å². The van der Waals surface area contributed by atoms with E-state index in [-0.39, 0.29) is 5.56 Å². The molecule has 0 aliphatic heterocycles. The predicted molar refractivity (Wildman–Crippen MR) is 67.6 cm³/mol. The zero-order chi connectivity index (χ0) is 12.4. The molecule has 88 valence electrons. The van der Waals surface area contributed by atoms with Crippen LogP contribution in [0.3, 0.4) is 0 Å². The predicted octanol–water partition coefficient (Wildman–Crippen LogP) is 2.90. The van der Waals surface area contributed by atoms with Gasteiger partial charge in [-0.05, 0) is 34.1 Å². The molecule has 2 aromatic rings. The first-order chi connectivity index (χ1) is 8.13. The summed E-state index contributed by atoms with van der Waals surface area (Å²) in [5, 5.41) is 8.89. The summed E-state index contributed by atoms with van der Waals surface area (Å²) in [4.78, 5) is 15.1. The minimum atomic E-state index is -0.932. The second-order valence-electron chi connectivity index (χ2n) is 3.54. The molecule has 0 saturated heterocycles. The first-order valence-electron chi connectivity index (χ1n) is 5.19. The summed E-state index contributed by atoms with van der Waals surface area (Å²) in [6, 6.07) is 4.95. The Bertz CT molecular complexity index is 563. The van der Waals surface area contributed by atoms with E-state index in [0.29, 0.717) is 0 Å². The summed E-state index contributed by atoms with van der Waals surface area (Å²) in [5.41, 5.74) is 1.16. The number of nitrogens with zero attached hydrogens (tertiary/aromatic N) is 2. The first-order valence-corrected chi connectivity index (χ1v) is 5.98. The Balaban J connectivity index is 2.50. The third-order valence-corrected chi connectivity index (χ3v) is 3.12. The monoisotopic (exact) mass is 294 g/mol. The van der Waals surface area contributed by atoms with Gasteiger partial charge in [0.15, 0.2) is 0 Å². The standard InChI is InChI=1S/C12H11BrN2O2/c1-2-11-14-5-6-15(11)10-4-3-8(12(16)17)7-9(10)13/h3-7H,2H2,1H3,(H,16,17). The number of carbonyl (C=O) groups is 1. The molecule has 0 saturated carbocycles.